The molecule has 1 N–H and O–H groups in total. The van der Waals surface area contributed by atoms with Gasteiger partial charge in [-0.3, -0.25) is 9.20 Å². The van der Waals surface area contributed by atoms with Crippen molar-refractivity contribution in [3.05, 3.63) is 52.3 Å². The Balaban J connectivity index is 1.46. The molecule has 128 valence electrons. The fraction of sp³-hybridized carbons (Fsp3) is 0.176. The summed E-state index contributed by atoms with van der Waals surface area (Å²) in [4.78, 5) is 17.2. The molecule has 0 aliphatic carbocycles. The summed E-state index contributed by atoms with van der Waals surface area (Å²) >= 11 is 7.60. The summed E-state index contributed by atoms with van der Waals surface area (Å²) in [6.07, 6.45) is 4.99. The van der Waals surface area contributed by atoms with E-state index in [-0.39, 0.29) is 18.7 Å². The van der Waals surface area contributed by atoms with Gasteiger partial charge in [0.15, 0.2) is 21.6 Å². The zero-order valence-corrected chi connectivity index (χ0v) is 14.8. The second kappa shape index (κ2) is 6.42. The van der Waals surface area contributed by atoms with Crippen LogP contribution in [-0.2, 0) is 4.79 Å². The number of nitrogens with zero attached hydrogens (tertiary/aromatic N) is 2. The number of carbonyl (C=O) groups excluding carboxylic acids is 1. The summed E-state index contributed by atoms with van der Waals surface area (Å²) < 4.78 is 12.5. The average molecular weight is 376 g/mol. The lowest BCUT2D eigenvalue weighted by Gasteiger charge is -2.13. The van der Waals surface area contributed by atoms with Crippen molar-refractivity contribution in [1.29, 1.82) is 0 Å². The zero-order chi connectivity index (χ0) is 17.4. The number of halogens is 1. The Kier molecular flexibility index (Phi) is 4.10. The molecule has 0 radical (unpaired) electrons. The highest BCUT2D eigenvalue weighted by molar-refractivity contribution is 7.15. The molecule has 6 nitrogen and oxygen atoms in total. The summed E-state index contributed by atoms with van der Waals surface area (Å²) in [6, 6.07) is 5.45. The first-order valence-corrected chi connectivity index (χ1v) is 8.87. The summed E-state index contributed by atoms with van der Waals surface area (Å²) in [5, 5.41) is 5.21. The van der Waals surface area contributed by atoms with Gasteiger partial charge in [0.1, 0.15) is 0 Å². The Morgan fingerprint density at radius 2 is 2.28 bits per heavy atom. The van der Waals surface area contributed by atoms with Crippen LogP contribution in [0.5, 0.6) is 11.5 Å². The summed E-state index contributed by atoms with van der Waals surface area (Å²) in [7, 11) is 0. The van der Waals surface area contributed by atoms with E-state index in [4.69, 9.17) is 21.1 Å². The second-order valence-electron chi connectivity index (χ2n) is 5.52. The van der Waals surface area contributed by atoms with Crippen LogP contribution in [0.1, 0.15) is 24.2 Å². The number of hydrogen-bond acceptors (Lipinski definition) is 5. The van der Waals surface area contributed by atoms with Crippen LogP contribution in [0.4, 0.5) is 0 Å². The smallest absolute Gasteiger partial charge is 0.244 e. The van der Waals surface area contributed by atoms with Crippen molar-refractivity contribution in [2.45, 2.75) is 13.0 Å². The first-order chi connectivity index (χ1) is 12.1. The van der Waals surface area contributed by atoms with E-state index >= 15 is 0 Å². The van der Waals surface area contributed by atoms with E-state index in [9.17, 15) is 4.79 Å². The topological polar surface area (TPSA) is 64.9 Å². The van der Waals surface area contributed by atoms with Crippen LogP contribution in [0.25, 0.3) is 11.0 Å². The van der Waals surface area contributed by atoms with Crippen molar-refractivity contribution in [1.82, 2.24) is 14.7 Å². The second-order valence-corrected chi connectivity index (χ2v) is 6.75. The number of rotatable bonds is 4. The van der Waals surface area contributed by atoms with Crippen LogP contribution >= 0.6 is 22.9 Å². The van der Waals surface area contributed by atoms with Crippen molar-refractivity contribution in [3.8, 4) is 11.5 Å². The lowest BCUT2D eigenvalue weighted by Crippen LogP contribution is -2.24. The Labute approximate surface area is 152 Å². The fourth-order valence-electron chi connectivity index (χ4n) is 2.61. The van der Waals surface area contributed by atoms with Crippen LogP contribution < -0.4 is 14.8 Å². The molecule has 0 saturated heterocycles. The molecule has 3 heterocycles. The Hall–Kier alpha value is -2.51. The number of hydrogen-bond donors (Lipinski definition) is 1. The third-order valence-corrected chi connectivity index (χ3v) is 4.94. The number of imidazole rings is 1. The number of ether oxygens (including phenoxy) is 2. The van der Waals surface area contributed by atoms with Gasteiger partial charge in [-0.25, -0.2) is 4.98 Å². The lowest BCUT2D eigenvalue weighted by atomic mass is 10.1. The molecule has 1 atom stereocenters. The highest BCUT2D eigenvalue weighted by atomic mass is 35.5. The Morgan fingerprint density at radius 3 is 3.16 bits per heavy atom. The van der Waals surface area contributed by atoms with Gasteiger partial charge >= 0.3 is 0 Å². The molecule has 1 aromatic carbocycles. The molecular formula is C17H14ClN3O3S. The SMILES string of the molecule is CC(NC(=O)/C=C/c1c(Cl)nc2sccn12)c1ccc2c(c1)OCO2. The van der Waals surface area contributed by atoms with E-state index in [1.165, 1.54) is 17.4 Å². The third kappa shape index (κ3) is 3.08. The van der Waals surface area contributed by atoms with Crippen molar-refractivity contribution in [2.75, 3.05) is 6.79 Å². The molecule has 0 saturated carbocycles. The maximum Gasteiger partial charge on any atom is 0.244 e. The van der Waals surface area contributed by atoms with Crippen molar-refractivity contribution >= 4 is 39.9 Å². The van der Waals surface area contributed by atoms with Gasteiger partial charge in [-0.2, -0.15) is 0 Å². The minimum absolute atomic E-state index is 0.172. The van der Waals surface area contributed by atoms with Gasteiger partial charge in [0.05, 0.1) is 11.7 Å². The largest absolute Gasteiger partial charge is 0.454 e. The van der Waals surface area contributed by atoms with Gasteiger partial charge in [0.2, 0.25) is 12.7 Å². The number of amides is 1. The minimum atomic E-state index is -0.216. The lowest BCUT2D eigenvalue weighted by molar-refractivity contribution is -0.117. The van der Waals surface area contributed by atoms with Crippen LogP contribution in [0, 0.1) is 0 Å². The summed E-state index contributed by atoms with van der Waals surface area (Å²) in [6.45, 7) is 2.14. The quantitative estimate of drug-likeness (QED) is 0.707. The van der Waals surface area contributed by atoms with Crippen LogP contribution in [-0.4, -0.2) is 22.1 Å². The van der Waals surface area contributed by atoms with E-state index in [1.807, 2.05) is 41.1 Å². The maximum absolute atomic E-state index is 12.2. The van der Waals surface area contributed by atoms with Crippen LogP contribution in [0.3, 0.4) is 0 Å². The molecule has 8 heteroatoms. The Morgan fingerprint density at radius 1 is 1.44 bits per heavy atom. The molecule has 1 aliphatic heterocycles. The molecule has 25 heavy (non-hydrogen) atoms. The molecule has 4 rings (SSSR count). The molecule has 3 aromatic rings. The predicted molar refractivity (Wildman–Crippen MR) is 96.2 cm³/mol. The number of carbonyl (C=O) groups is 1. The number of fused-ring (bicyclic) bond motifs is 2. The molecule has 0 bridgehead atoms. The van der Waals surface area contributed by atoms with Gasteiger partial charge < -0.3 is 14.8 Å². The molecule has 1 amide bonds. The van der Waals surface area contributed by atoms with Crippen molar-refractivity contribution in [2.24, 2.45) is 0 Å². The van der Waals surface area contributed by atoms with Crippen molar-refractivity contribution < 1.29 is 14.3 Å². The van der Waals surface area contributed by atoms with E-state index in [1.54, 1.807) is 6.08 Å². The van der Waals surface area contributed by atoms with E-state index in [0.29, 0.717) is 16.6 Å². The normalized spacial score (nSPS) is 14.3. The predicted octanol–water partition coefficient (Wildman–Crippen LogP) is 3.67. The standard InChI is InChI=1S/C17H14ClN3O3S/c1-10(11-2-4-13-14(8-11)24-9-23-13)19-15(22)5-3-12-16(18)20-17-21(12)6-7-25-17/h2-8,10H,9H2,1H3,(H,19,22)/b5-3+. The summed E-state index contributed by atoms with van der Waals surface area (Å²) in [5.74, 6) is 1.20. The van der Waals surface area contributed by atoms with Gasteiger partial charge in [-0.15, -0.1) is 11.3 Å². The van der Waals surface area contributed by atoms with Gasteiger partial charge in [-0.05, 0) is 30.7 Å². The minimum Gasteiger partial charge on any atom is -0.454 e. The molecule has 1 unspecified atom stereocenters. The van der Waals surface area contributed by atoms with E-state index in [2.05, 4.69) is 10.3 Å². The number of benzene rings is 1. The monoisotopic (exact) mass is 375 g/mol. The fourth-order valence-corrected chi connectivity index (χ4v) is 3.61. The first-order valence-electron chi connectivity index (χ1n) is 7.61. The third-order valence-electron chi connectivity index (χ3n) is 3.90. The maximum atomic E-state index is 12.2. The van der Waals surface area contributed by atoms with Gasteiger partial charge in [0.25, 0.3) is 0 Å². The zero-order valence-electron chi connectivity index (χ0n) is 13.2. The highest BCUT2D eigenvalue weighted by Crippen LogP contribution is 2.34. The van der Waals surface area contributed by atoms with Crippen LogP contribution in [0.15, 0.2) is 35.9 Å². The van der Waals surface area contributed by atoms with E-state index in [0.717, 1.165) is 16.3 Å². The molecular weight excluding hydrogens is 362 g/mol. The molecule has 0 spiro atoms. The van der Waals surface area contributed by atoms with Crippen LogP contribution in [0.2, 0.25) is 5.15 Å². The number of thiazole rings is 1. The highest BCUT2D eigenvalue weighted by Gasteiger charge is 2.16. The Bertz CT molecular complexity index is 979. The molecule has 0 fully saturated rings. The van der Waals surface area contributed by atoms with E-state index < -0.39 is 0 Å². The average Bonchev–Trinajstić information content (AvgIpc) is 3.28. The first kappa shape index (κ1) is 16.0. The number of nitrogens with one attached hydrogen (secondary N) is 1. The molecule has 1 aliphatic rings. The number of aromatic nitrogens is 2. The summed E-state index contributed by atoms with van der Waals surface area (Å²) in [5.41, 5.74) is 1.62. The molecule has 2 aromatic heterocycles. The van der Waals surface area contributed by atoms with Gasteiger partial charge in [0, 0.05) is 17.7 Å². The van der Waals surface area contributed by atoms with Gasteiger partial charge in [-0.1, -0.05) is 17.7 Å². The van der Waals surface area contributed by atoms with Crippen molar-refractivity contribution in [3.63, 3.8) is 0 Å².